The first-order valence-corrected chi connectivity index (χ1v) is 9.08. The van der Waals surface area contributed by atoms with Crippen molar-refractivity contribution in [2.45, 2.75) is 57.5 Å². The van der Waals surface area contributed by atoms with Gasteiger partial charge in [-0.1, -0.05) is 47.5 Å². The lowest BCUT2D eigenvalue weighted by Crippen LogP contribution is -2.46. The van der Waals surface area contributed by atoms with Gasteiger partial charge in [0.2, 0.25) is 0 Å². The van der Waals surface area contributed by atoms with Gasteiger partial charge in [-0.15, -0.1) is 0 Å². The molecule has 0 spiro atoms. The van der Waals surface area contributed by atoms with Crippen LogP contribution in [0.25, 0.3) is 0 Å². The van der Waals surface area contributed by atoms with Crippen molar-refractivity contribution in [3.63, 3.8) is 0 Å². The van der Waals surface area contributed by atoms with Crippen LogP contribution in [0.5, 0.6) is 0 Å². The van der Waals surface area contributed by atoms with E-state index in [0.717, 1.165) is 31.2 Å². The van der Waals surface area contributed by atoms with E-state index in [-0.39, 0.29) is 5.91 Å². The van der Waals surface area contributed by atoms with E-state index >= 15 is 0 Å². The van der Waals surface area contributed by atoms with Crippen LogP contribution in [0.2, 0.25) is 0 Å². The number of amides is 1. The number of nitrogens with zero attached hydrogens (tertiary/aromatic N) is 1. The molecule has 2 saturated heterocycles. The second kappa shape index (κ2) is 6.08. The summed E-state index contributed by atoms with van der Waals surface area (Å²) in [6, 6.07) is 17.8. The van der Waals surface area contributed by atoms with E-state index in [4.69, 9.17) is 0 Å². The smallest absolute Gasteiger partial charge is 0.254 e. The fourth-order valence-corrected chi connectivity index (χ4v) is 4.46. The molecule has 24 heavy (non-hydrogen) atoms. The molecule has 2 fully saturated rings. The normalized spacial score (nSPS) is 25.8. The van der Waals surface area contributed by atoms with E-state index in [1.54, 1.807) is 0 Å². The second-order valence-corrected chi connectivity index (χ2v) is 7.54. The number of benzene rings is 2. The van der Waals surface area contributed by atoms with E-state index in [9.17, 15) is 4.79 Å². The van der Waals surface area contributed by atoms with Crippen LogP contribution in [0, 0.1) is 13.8 Å². The Hall–Kier alpha value is -2.09. The lowest BCUT2D eigenvalue weighted by molar-refractivity contribution is 0.0571. The van der Waals surface area contributed by atoms with Gasteiger partial charge in [0.1, 0.15) is 0 Å². The van der Waals surface area contributed by atoms with Gasteiger partial charge in [0.15, 0.2) is 0 Å². The molecule has 2 heterocycles. The third-order valence-corrected chi connectivity index (χ3v) is 5.81. The highest BCUT2D eigenvalue weighted by molar-refractivity contribution is 5.95. The topological polar surface area (TPSA) is 20.3 Å². The molecular weight excluding hydrogens is 294 g/mol. The van der Waals surface area contributed by atoms with Crippen molar-refractivity contribution in [1.82, 2.24) is 4.90 Å². The predicted octanol–water partition coefficient (Wildman–Crippen LogP) is 4.85. The number of piperidine rings is 1. The lowest BCUT2D eigenvalue weighted by atomic mass is 9.84. The maximum absolute atomic E-state index is 13.0. The number of hydrogen-bond acceptors (Lipinski definition) is 1. The minimum atomic E-state index is 0.227. The number of aryl methyl sites for hydroxylation is 2. The summed E-state index contributed by atoms with van der Waals surface area (Å²) in [5.41, 5.74) is 4.80. The van der Waals surface area contributed by atoms with Crippen molar-refractivity contribution >= 4 is 5.91 Å². The van der Waals surface area contributed by atoms with E-state index < -0.39 is 0 Å². The summed E-state index contributed by atoms with van der Waals surface area (Å²) in [6.07, 6.45) is 4.53. The Morgan fingerprint density at radius 3 is 1.88 bits per heavy atom. The molecule has 1 unspecified atom stereocenters. The molecule has 0 saturated carbocycles. The minimum absolute atomic E-state index is 0.227. The summed E-state index contributed by atoms with van der Waals surface area (Å²) in [7, 11) is 0. The maximum atomic E-state index is 13.0. The molecule has 2 nitrogen and oxygen atoms in total. The first-order valence-electron chi connectivity index (χ1n) is 9.08. The van der Waals surface area contributed by atoms with Gasteiger partial charge in [0.25, 0.3) is 5.91 Å². The molecule has 0 radical (unpaired) electrons. The predicted molar refractivity (Wildman–Crippen MR) is 97.3 cm³/mol. The van der Waals surface area contributed by atoms with E-state index in [1.807, 2.05) is 24.3 Å². The third-order valence-electron chi connectivity index (χ3n) is 5.81. The van der Waals surface area contributed by atoms with Crippen molar-refractivity contribution in [1.29, 1.82) is 0 Å². The van der Waals surface area contributed by atoms with Gasteiger partial charge < -0.3 is 4.90 Å². The Balaban J connectivity index is 1.53. The Bertz CT molecular complexity index is 718. The van der Waals surface area contributed by atoms with Crippen LogP contribution in [0.1, 0.15) is 58.6 Å². The van der Waals surface area contributed by atoms with E-state index in [0.29, 0.717) is 18.0 Å². The van der Waals surface area contributed by atoms with Gasteiger partial charge in [-0.2, -0.15) is 0 Å². The molecule has 0 aromatic heterocycles. The Morgan fingerprint density at radius 1 is 0.833 bits per heavy atom. The SMILES string of the molecule is Cc1ccc(C(=O)N2[C@@H]3CC[C@H]2CC(c2ccc(C)cc2)C3)cc1. The highest BCUT2D eigenvalue weighted by atomic mass is 16.2. The molecule has 2 aliphatic rings. The number of rotatable bonds is 2. The highest BCUT2D eigenvalue weighted by Crippen LogP contribution is 2.43. The Kier molecular flexibility index (Phi) is 3.91. The van der Waals surface area contributed by atoms with Crippen molar-refractivity contribution < 1.29 is 4.79 Å². The van der Waals surface area contributed by atoms with Crippen LogP contribution < -0.4 is 0 Å². The van der Waals surface area contributed by atoms with Crippen molar-refractivity contribution in [3.05, 3.63) is 70.8 Å². The summed E-state index contributed by atoms with van der Waals surface area (Å²) >= 11 is 0. The zero-order valence-corrected chi connectivity index (χ0v) is 14.5. The van der Waals surface area contributed by atoms with Crippen LogP contribution >= 0.6 is 0 Å². The first kappa shape index (κ1) is 15.4. The van der Waals surface area contributed by atoms with Gasteiger partial charge in [-0.25, -0.2) is 0 Å². The largest absolute Gasteiger partial charge is 0.333 e. The summed E-state index contributed by atoms with van der Waals surface area (Å²) in [5, 5.41) is 0. The van der Waals surface area contributed by atoms with Gasteiger partial charge in [-0.05, 0) is 63.1 Å². The molecule has 2 aromatic rings. The van der Waals surface area contributed by atoms with Gasteiger partial charge in [-0.3, -0.25) is 4.79 Å². The number of hydrogen-bond donors (Lipinski definition) is 0. The quantitative estimate of drug-likeness (QED) is 0.774. The molecule has 0 aliphatic carbocycles. The fourth-order valence-electron chi connectivity index (χ4n) is 4.46. The summed E-state index contributed by atoms with van der Waals surface area (Å²) < 4.78 is 0. The third kappa shape index (κ3) is 2.75. The van der Waals surface area contributed by atoms with Crippen molar-refractivity contribution in [2.75, 3.05) is 0 Å². The lowest BCUT2D eigenvalue weighted by Gasteiger charge is -2.39. The average molecular weight is 319 g/mol. The summed E-state index contributed by atoms with van der Waals surface area (Å²) in [5.74, 6) is 0.829. The summed E-state index contributed by atoms with van der Waals surface area (Å²) in [4.78, 5) is 15.2. The molecule has 4 rings (SSSR count). The second-order valence-electron chi connectivity index (χ2n) is 7.54. The monoisotopic (exact) mass is 319 g/mol. The van der Waals surface area contributed by atoms with Gasteiger partial charge in [0.05, 0.1) is 0 Å². The summed E-state index contributed by atoms with van der Waals surface area (Å²) in [6.45, 7) is 4.20. The van der Waals surface area contributed by atoms with Crippen LogP contribution in [0.15, 0.2) is 48.5 Å². The molecule has 1 amide bonds. The maximum Gasteiger partial charge on any atom is 0.254 e. The molecular formula is C22H25NO. The molecule has 2 aliphatic heterocycles. The van der Waals surface area contributed by atoms with E-state index in [2.05, 4.69) is 43.0 Å². The number of carbonyl (C=O) groups excluding carboxylic acids is 1. The van der Waals surface area contributed by atoms with Gasteiger partial charge >= 0.3 is 0 Å². The van der Waals surface area contributed by atoms with Gasteiger partial charge in [0, 0.05) is 17.6 Å². The van der Waals surface area contributed by atoms with Crippen LogP contribution in [-0.2, 0) is 0 Å². The molecule has 2 heteroatoms. The molecule has 2 aromatic carbocycles. The molecule has 3 atom stereocenters. The zero-order chi connectivity index (χ0) is 16.7. The van der Waals surface area contributed by atoms with Crippen LogP contribution in [0.3, 0.4) is 0 Å². The average Bonchev–Trinajstić information content (AvgIpc) is 2.85. The zero-order valence-electron chi connectivity index (χ0n) is 14.5. The number of fused-ring (bicyclic) bond motifs is 2. The highest BCUT2D eigenvalue weighted by Gasteiger charge is 2.43. The Morgan fingerprint density at radius 2 is 1.33 bits per heavy atom. The molecule has 0 N–H and O–H groups in total. The standard InChI is InChI=1S/C22H25NO/c1-15-3-7-17(8-4-15)19-13-20-11-12-21(14-19)23(20)22(24)18-9-5-16(2)6-10-18/h3-10,19-21H,11-14H2,1-2H3/t19?,20-,21+. The Labute approximate surface area is 144 Å². The van der Waals surface area contributed by atoms with E-state index in [1.165, 1.54) is 16.7 Å². The van der Waals surface area contributed by atoms with Crippen molar-refractivity contribution in [3.8, 4) is 0 Å². The fraction of sp³-hybridized carbons (Fsp3) is 0.409. The number of carbonyl (C=O) groups is 1. The molecule has 124 valence electrons. The first-order chi connectivity index (χ1) is 11.6. The minimum Gasteiger partial charge on any atom is -0.333 e. The van der Waals surface area contributed by atoms with Crippen LogP contribution in [0.4, 0.5) is 0 Å². The van der Waals surface area contributed by atoms with Crippen molar-refractivity contribution in [2.24, 2.45) is 0 Å². The molecule has 2 bridgehead atoms. The van der Waals surface area contributed by atoms with Crippen LogP contribution in [-0.4, -0.2) is 22.9 Å².